The van der Waals surface area contributed by atoms with Gasteiger partial charge in [0, 0.05) is 35.8 Å². The van der Waals surface area contributed by atoms with Gasteiger partial charge >= 0.3 is 0 Å². The van der Waals surface area contributed by atoms with Crippen LogP contribution in [0.1, 0.15) is 22.3 Å². The molecule has 0 spiro atoms. The van der Waals surface area contributed by atoms with E-state index in [1.165, 1.54) is 5.56 Å². The quantitative estimate of drug-likeness (QED) is 0.732. The van der Waals surface area contributed by atoms with Gasteiger partial charge in [-0.15, -0.1) is 0 Å². The van der Waals surface area contributed by atoms with E-state index in [2.05, 4.69) is 17.1 Å². The normalized spacial score (nSPS) is 12.2. The Kier molecular flexibility index (Phi) is 4.96. The molecule has 0 aliphatic carbocycles. The number of H-pyrrole nitrogens is 1. The molecule has 1 atom stereocenters. The molecule has 0 saturated carbocycles. The van der Waals surface area contributed by atoms with Gasteiger partial charge in [-0.1, -0.05) is 30.3 Å². The fourth-order valence-electron chi connectivity index (χ4n) is 3.07. The molecule has 1 unspecified atom stereocenters. The molecule has 1 amide bonds. The maximum Gasteiger partial charge on any atom is 0.253 e. The van der Waals surface area contributed by atoms with E-state index in [1.807, 2.05) is 60.6 Å². The number of hydrogen-bond acceptors (Lipinski definition) is 2. The molecule has 24 heavy (non-hydrogen) atoms. The van der Waals surface area contributed by atoms with Gasteiger partial charge in [-0.3, -0.25) is 4.79 Å². The van der Waals surface area contributed by atoms with E-state index < -0.39 is 0 Å². The minimum Gasteiger partial charge on any atom is -0.361 e. The summed E-state index contributed by atoms with van der Waals surface area (Å²) >= 11 is 0. The van der Waals surface area contributed by atoms with Gasteiger partial charge in [-0.05, 0) is 49.2 Å². The number of carbonyl (C=O) groups is 1. The molecule has 1 heterocycles. The highest BCUT2D eigenvalue weighted by Crippen LogP contribution is 2.18. The third-order valence-electron chi connectivity index (χ3n) is 4.48. The molecule has 0 saturated heterocycles. The highest BCUT2D eigenvalue weighted by Gasteiger charge is 2.21. The first kappa shape index (κ1) is 16.3. The van der Waals surface area contributed by atoms with Gasteiger partial charge in [-0.2, -0.15) is 0 Å². The molecule has 0 bridgehead atoms. The van der Waals surface area contributed by atoms with Gasteiger partial charge < -0.3 is 15.6 Å². The molecular formula is C20H23N3O. The first-order chi connectivity index (χ1) is 11.7. The summed E-state index contributed by atoms with van der Waals surface area (Å²) in [5.41, 5.74) is 8.74. The van der Waals surface area contributed by atoms with Crippen LogP contribution in [-0.2, 0) is 6.42 Å². The first-order valence-electron chi connectivity index (χ1n) is 8.27. The minimum absolute atomic E-state index is 0.0347. The smallest absolute Gasteiger partial charge is 0.253 e. The summed E-state index contributed by atoms with van der Waals surface area (Å²) < 4.78 is 0. The molecular weight excluding hydrogens is 298 g/mol. The number of nitrogens with one attached hydrogen (secondary N) is 1. The minimum atomic E-state index is 0.0347. The van der Waals surface area contributed by atoms with Crippen LogP contribution < -0.4 is 5.73 Å². The number of nitrogens with two attached hydrogens (primary N) is 1. The second-order valence-electron chi connectivity index (χ2n) is 6.12. The van der Waals surface area contributed by atoms with Gasteiger partial charge in [0.1, 0.15) is 0 Å². The van der Waals surface area contributed by atoms with E-state index in [4.69, 9.17) is 5.73 Å². The average Bonchev–Trinajstić information content (AvgIpc) is 3.08. The van der Waals surface area contributed by atoms with Gasteiger partial charge in [0.05, 0.1) is 0 Å². The van der Waals surface area contributed by atoms with E-state index in [0.717, 1.165) is 23.7 Å². The van der Waals surface area contributed by atoms with Crippen LogP contribution in [0, 0.1) is 0 Å². The van der Waals surface area contributed by atoms with E-state index in [0.29, 0.717) is 12.1 Å². The van der Waals surface area contributed by atoms with Crippen LogP contribution in [0.5, 0.6) is 0 Å². The summed E-state index contributed by atoms with van der Waals surface area (Å²) in [6, 6.07) is 18.1. The lowest BCUT2D eigenvalue weighted by atomic mass is 10.0. The molecule has 0 aliphatic rings. The van der Waals surface area contributed by atoms with Gasteiger partial charge in [-0.25, -0.2) is 0 Å². The maximum absolute atomic E-state index is 12.9. The number of benzene rings is 2. The monoisotopic (exact) mass is 321 g/mol. The van der Waals surface area contributed by atoms with Crippen molar-refractivity contribution in [1.82, 2.24) is 9.88 Å². The van der Waals surface area contributed by atoms with Crippen molar-refractivity contribution in [3.63, 3.8) is 0 Å². The Labute approximate surface area is 142 Å². The second-order valence-corrected chi connectivity index (χ2v) is 6.12. The predicted molar refractivity (Wildman–Crippen MR) is 98.0 cm³/mol. The molecule has 0 aliphatic heterocycles. The predicted octanol–water partition coefficient (Wildman–Crippen LogP) is 3.20. The van der Waals surface area contributed by atoms with Crippen molar-refractivity contribution in [3.05, 3.63) is 71.9 Å². The standard InChI is InChI=1S/C20H23N3O/c1-23(18(9-11-21)13-15-5-3-2-4-6-15)20(24)17-7-8-19-16(14-17)10-12-22-19/h2-8,10,12,14,18,22H,9,11,13,21H2,1H3. The lowest BCUT2D eigenvalue weighted by Crippen LogP contribution is -2.39. The number of nitrogens with zero attached hydrogens (tertiary/aromatic N) is 1. The zero-order valence-corrected chi connectivity index (χ0v) is 13.9. The fraction of sp³-hybridized carbons (Fsp3) is 0.250. The summed E-state index contributed by atoms with van der Waals surface area (Å²) in [5.74, 6) is 0.0347. The number of hydrogen-bond donors (Lipinski definition) is 2. The largest absolute Gasteiger partial charge is 0.361 e. The molecule has 1 aromatic heterocycles. The Morgan fingerprint density at radius 1 is 1.17 bits per heavy atom. The summed E-state index contributed by atoms with van der Waals surface area (Å²) in [5, 5.41) is 1.05. The van der Waals surface area contributed by atoms with Crippen LogP contribution in [-0.4, -0.2) is 35.4 Å². The van der Waals surface area contributed by atoms with Crippen LogP contribution in [0.4, 0.5) is 0 Å². The molecule has 124 valence electrons. The van der Waals surface area contributed by atoms with Crippen molar-refractivity contribution in [2.24, 2.45) is 5.73 Å². The number of fused-ring (bicyclic) bond motifs is 1. The van der Waals surface area contributed by atoms with Gasteiger partial charge in [0.15, 0.2) is 0 Å². The fourth-order valence-corrected chi connectivity index (χ4v) is 3.07. The number of aromatic amines is 1. The van der Waals surface area contributed by atoms with E-state index in [-0.39, 0.29) is 11.9 Å². The topological polar surface area (TPSA) is 62.1 Å². The maximum atomic E-state index is 12.9. The van der Waals surface area contributed by atoms with E-state index >= 15 is 0 Å². The summed E-state index contributed by atoms with van der Waals surface area (Å²) in [6.45, 7) is 0.561. The lowest BCUT2D eigenvalue weighted by molar-refractivity contribution is 0.0725. The highest BCUT2D eigenvalue weighted by atomic mass is 16.2. The Morgan fingerprint density at radius 3 is 2.71 bits per heavy atom. The third kappa shape index (κ3) is 3.49. The number of amides is 1. The molecule has 0 radical (unpaired) electrons. The molecule has 3 N–H and O–H groups in total. The highest BCUT2D eigenvalue weighted by molar-refractivity contribution is 5.98. The lowest BCUT2D eigenvalue weighted by Gasteiger charge is -2.28. The zero-order chi connectivity index (χ0) is 16.9. The Balaban J connectivity index is 1.80. The van der Waals surface area contributed by atoms with Crippen molar-refractivity contribution in [1.29, 1.82) is 0 Å². The summed E-state index contributed by atoms with van der Waals surface area (Å²) in [7, 11) is 1.87. The molecule has 3 rings (SSSR count). The Hall–Kier alpha value is -2.59. The van der Waals surface area contributed by atoms with Crippen LogP contribution >= 0.6 is 0 Å². The van der Waals surface area contributed by atoms with E-state index in [9.17, 15) is 4.79 Å². The van der Waals surface area contributed by atoms with E-state index in [1.54, 1.807) is 0 Å². The van der Waals surface area contributed by atoms with Crippen LogP contribution in [0.15, 0.2) is 60.8 Å². The zero-order valence-electron chi connectivity index (χ0n) is 13.9. The number of likely N-dealkylation sites (N-methyl/N-ethyl adjacent to an activating group) is 1. The van der Waals surface area contributed by atoms with Gasteiger partial charge in [0.25, 0.3) is 5.91 Å². The molecule has 4 heteroatoms. The van der Waals surface area contributed by atoms with Crippen molar-refractivity contribution >= 4 is 16.8 Å². The number of rotatable bonds is 6. The molecule has 2 aromatic carbocycles. The van der Waals surface area contributed by atoms with Crippen molar-refractivity contribution in [3.8, 4) is 0 Å². The molecule has 3 aromatic rings. The Bertz CT molecular complexity index is 810. The van der Waals surface area contributed by atoms with Crippen molar-refractivity contribution in [2.45, 2.75) is 18.9 Å². The van der Waals surface area contributed by atoms with Crippen molar-refractivity contribution in [2.75, 3.05) is 13.6 Å². The molecule has 0 fully saturated rings. The summed E-state index contributed by atoms with van der Waals surface area (Å²) in [6.07, 6.45) is 3.48. The third-order valence-corrected chi connectivity index (χ3v) is 4.48. The molecule has 4 nitrogen and oxygen atoms in total. The second kappa shape index (κ2) is 7.32. The number of aromatic nitrogens is 1. The average molecular weight is 321 g/mol. The van der Waals surface area contributed by atoms with Crippen LogP contribution in [0.3, 0.4) is 0 Å². The van der Waals surface area contributed by atoms with Crippen LogP contribution in [0.2, 0.25) is 0 Å². The SMILES string of the molecule is CN(C(=O)c1ccc2[nH]ccc2c1)C(CCN)Cc1ccccc1. The van der Waals surface area contributed by atoms with Crippen molar-refractivity contribution < 1.29 is 4.79 Å². The first-order valence-corrected chi connectivity index (χ1v) is 8.27. The van der Waals surface area contributed by atoms with Crippen LogP contribution in [0.25, 0.3) is 10.9 Å². The Morgan fingerprint density at radius 2 is 1.96 bits per heavy atom. The number of carbonyl (C=O) groups excluding carboxylic acids is 1. The summed E-state index contributed by atoms with van der Waals surface area (Å²) in [4.78, 5) is 17.9. The van der Waals surface area contributed by atoms with Gasteiger partial charge in [0.2, 0.25) is 0 Å².